The van der Waals surface area contributed by atoms with Crippen molar-refractivity contribution in [2.24, 2.45) is 11.8 Å². The number of hydrogen-bond donors (Lipinski definition) is 0. The molecule has 244 valence electrons. The highest BCUT2D eigenvalue weighted by Gasteiger charge is 2.31. The fraction of sp³-hybridized carbons (Fsp3) is 0.632. The van der Waals surface area contributed by atoms with Gasteiger partial charge in [-0.1, -0.05) is 26.0 Å². The molecule has 7 rings (SSSR count). The SMILES string of the molecule is CC(C)N1C[C@@H](C)CC[C@@H]1c1ccc2sc(C3CCN(C)CC3)nc2c1.CC(C)N1C[C@@H](C)CC[C@@H]1c1ccc2scnc2c1. The minimum Gasteiger partial charge on any atom is -0.306 e. The van der Waals surface area contributed by atoms with Crippen LogP contribution < -0.4 is 0 Å². The Morgan fingerprint density at radius 1 is 0.711 bits per heavy atom. The molecular weight excluding hydrogens is 591 g/mol. The number of fused-ring (bicyclic) bond motifs is 2. The first-order chi connectivity index (χ1) is 21.7. The smallest absolute Gasteiger partial charge is 0.0970 e. The summed E-state index contributed by atoms with van der Waals surface area (Å²) in [6, 6.07) is 16.3. The average Bonchev–Trinajstić information content (AvgIpc) is 3.68. The number of hydrogen-bond acceptors (Lipinski definition) is 7. The number of piperidine rings is 3. The normalized spacial score (nSPS) is 26.2. The zero-order valence-electron chi connectivity index (χ0n) is 28.7. The Morgan fingerprint density at radius 3 is 1.84 bits per heavy atom. The molecule has 0 spiro atoms. The minimum atomic E-state index is 0.559. The van der Waals surface area contributed by atoms with Gasteiger partial charge in [0.05, 0.1) is 31.0 Å². The van der Waals surface area contributed by atoms with Crippen LogP contribution >= 0.6 is 22.7 Å². The quantitative estimate of drug-likeness (QED) is 0.216. The van der Waals surface area contributed by atoms with Crippen LogP contribution in [0.15, 0.2) is 41.9 Å². The van der Waals surface area contributed by atoms with Crippen LogP contribution in [0, 0.1) is 11.8 Å². The lowest BCUT2D eigenvalue weighted by Gasteiger charge is -2.41. The molecule has 0 amide bonds. The highest BCUT2D eigenvalue weighted by Crippen LogP contribution is 2.39. The van der Waals surface area contributed by atoms with E-state index in [0.717, 1.165) is 17.4 Å². The Balaban J connectivity index is 0.000000167. The molecule has 0 N–H and O–H groups in total. The molecule has 7 heteroatoms. The van der Waals surface area contributed by atoms with Crippen molar-refractivity contribution in [1.82, 2.24) is 24.7 Å². The van der Waals surface area contributed by atoms with Gasteiger partial charge in [-0.25, -0.2) is 9.97 Å². The predicted octanol–water partition coefficient (Wildman–Crippen LogP) is 9.76. The highest BCUT2D eigenvalue weighted by molar-refractivity contribution is 7.18. The molecule has 2 aromatic heterocycles. The molecule has 45 heavy (non-hydrogen) atoms. The third-order valence-electron chi connectivity index (χ3n) is 10.7. The third-order valence-corrected chi connectivity index (χ3v) is 12.7. The highest BCUT2D eigenvalue weighted by atomic mass is 32.1. The lowest BCUT2D eigenvalue weighted by molar-refractivity contribution is 0.0819. The van der Waals surface area contributed by atoms with E-state index >= 15 is 0 Å². The summed E-state index contributed by atoms with van der Waals surface area (Å²) >= 11 is 3.65. The summed E-state index contributed by atoms with van der Waals surface area (Å²) in [6.07, 6.45) is 7.73. The lowest BCUT2D eigenvalue weighted by Crippen LogP contribution is -2.41. The number of benzene rings is 2. The Bertz CT molecular complexity index is 1530. The molecule has 0 saturated carbocycles. The van der Waals surface area contributed by atoms with E-state index in [0.29, 0.717) is 30.1 Å². The molecule has 0 radical (unpaired) electrons. The molecule has 3 aliphatic rings. The summed E-state index contributed by atoms with van der Waals surface area (Å²) in [5.41, 5.74) is 7.24. The maximum Gasteiger partial charge on any atom is 0.0970 e. The monoisotopic (exact) mass is 645 g/mol. The van der Waals surface area contributed by atoms with Crippen molar-refractivity contribution in [1.29, 1.82) is 0 Å². The van der Waals surface area contributed by atoms with Crippen LogP contribution in [0.2, 0.25) is 0 Å². The summed E-state index contributed by atoms with van der Waals surface area (Å²) in [6.45, 7) is 18.9. The Labute approximate surface area is 280 Å². The van der Waals surface area contributed by atoms with Crippen LogP contribution in [-0.2, 0) is 0 Å². The van der Waals surface area contributed by atoms with E-state index in [4.69, 9.17) is 4.98 Å². The van der Waals surface area contributed by atoms with E-state index in [1.807, 2.05) is 16.8 Å². The van der Waals surface area contributed by atoms with Gasteiger partial charge in [-0.05, 0) is 134 Å². The second-order valence-corrected chi connectivity index (χ2v) is 16.9. The molecular formula is C38H55N5S2. The maximum atomic E-state index is 5.08. The molecule has 3 fully saturated rings. The topological polar surface area (TPSA) is 35.5 Å². The molecule has 5 nitrogen and oxygen atoms in total. The Morgan fingerprint density at radius 2 is 1.27 bits per heavy atom. The predicted molar refractivity (Wildman–Crippen MR) is 195 cm³/mol. The summed E-state index contributed by atoms with van der Waals surface area (Å²) in [5.74, 6) is 2.30. The number of nitrogens with zero attached hydrogens (tertiary/aromatic N) is 5. The molecule has 2 aromatic carbocycles. The lowest BCUT2D eigenvalue weighted by atomic mass is 9.89. The van der Waals surface area contributed by atoms with Crippen LogP contribution in [0.4, 0.5) is 0 Å². The van der Waals surface area contributed by atoms with Crippen LogP contribution in [0.25, 0.3) is 20.4 Å². The van der Waals surface area contributed by atoms with Gasteiger partial charge < -0.3 is 4.90 Å². The van der Waals surface area contributed by atoms with Crippen molar-refractivity contribution < 1.29 is 0 Å². The maximum absolute atomic E-state index is 5.08. The van der Waals surface area contributed by atoms with Crippen molar-refractivity contribution in [2.75, 3.05) is 33.2 Å². The first-order valence-electron chi connectivity index (χ1n) is 17.6. The van der Waals surface area contributed by atoms with Crippen molar-refractivity contribution in [3.8, 4) is 0 Å². The van der Waals surface area contributed by atoms with Crippen LogP contribution in [0.3, 0.4) is 0 Å². The Kier molecular flexibility index (Phi) is 10.6. The van der Waals surface area contributed by atoms with Crippen molar-refractivity contribution in [2.45, 2.75) is 110 Å². The van der Waals surface area contributed by atoms with Crippen LogP contribution in [0.5, 0.6) is 0 Å². The zero-order valence-corrected chi connectivity index (χ0v) is 30.3. The second-order valence-electron chi connectivity index (χ2n) is 14.9. The van der Waals surface area contributed by atoms with Gasteiger partial charge in [0.25, 0.3) is 0 Å². The van der Waals surface area contributed by atoms with Crippen molar-refractivity contribution in [3.05, 3.63) is 58.0 Å². The summed E-state index contributed by atoms with van der Waals surface area (Å²) in [7, 11) is 2.23. The molecule has 4 aromatic rings. The van der Waals surface area contributed by atoms with Gasteiger partial charge in [-0.15, -0.1) is 22.7 Å². The number of thiazole rings is 2. The van der Waals surface area contributed by atoms with E-state index in [2.05, 4.69) is 105 Å². The largest absolute Gasteiger partial charge is 0.306 e. The van der Waals surface area contributed by atoms with Crippen molar-refractivity contribution in [3.63, 3.8) is 0 Å². The molecule has 3 saturated heterocycles. The Hall–Kier alpha value is -1.90. The molecule has 4 atom stereocenters. The van der Waals surface area contributed by atoms with E-state index in [1.54, 1.807) is 11.3 Å². The number of likely N-dealkylation sites (tertiary alicyclic amines) is 3. The van der Waals surface area contributed by atoms with Gasteiger partial charge in [-0.3, -0.25) is 9.80 Å². The van der Waals surface area contributed by atoms with E-state index in [1.165, 1.54) is 95.8 Å². The molecule has 3 aliphatic heterocycles. The fourth-order valence-corrected chi connectivity index (χ4v) is 9.69. The van der Waals surface area contributed by atoms with Gasteiger partial charge in [0.1, 0.15) is 0 Å². The molecule has 0 unspecified atom stereocenters. The second kappa shape index (κ2) is 14.5. The number of aromatic nitrogens is 2. The summed E-state index contributed by atoms with van der Waals surface area (Å²) in [5, 5.41) is 1.36. The summed E-state index contributed by atoms with van der Waals surface area (Å²) in [4.78, 5) is 17.3. The van der Waals surface area contributed by atoms with Crippen molar-refractivity contribution >= 4 is 43.1 Å². The van der Waals surface area contributed by atoms with Gasteiger partial charge in [0, 0.05) is 43.2 Å². The molecule has 0 bridgehead atoms. The summed E-state index contributed by atoms with van der Waals surface area (Å²) < 4.78 is 2.66. The van der Waals surface area contributed by atoms with Gasteiger partial charge in [-0.2, -0.15) is 0 Å². The third kappa shape index (κ3) is 7.65. The first-order valence-corrected chi connectivity index (χ1v) is 19.3. The molecule has 0 aliphatic carbocycles. The average molecular weight is 646 g/mol. The van der Waals surface area contributed by atoms with Gasteiger partial charge in [0.2, 0.25) is 0 Å². The van der Waals surface area contributed by atoms with Crippen LogP contribution in [0.1, 0.15) is 114 Å². The molecule has 5 heterocycles. The van der Waals surface area contributed by atoms with Gasteiger partial charge in [0.15, 0.2) is 0 Å². The standard InChI is InChI=1S/C22H33N3S.C16H22N2S/c1-15(2)25-14-16(3)5-7-20(25)18-6-8-21-19(13-18)23-22(26-21)17-9-11-24(4)12-10-17;1-11(2)18-9-12(3)4-6-15(18)13-5-7-16-14(8-13)17-10-19-16/h6,8,13,15-17,20H,5,7,9-12,14H2,1-4H3;5,7-8,10-12,15H,4,6,9H2,1-3H3/t16-,20+;12-,15+/m00/s1. The minimum absolute atomic E-state index is 0.559. The fourth-order valence-electron chi connectivity index (χ4n) is 7.91. The number of rotatable bonds is 5. The van der Waals surface area contributed by atoms with Gasteiger partial charge >= 0.3 is 0 Å². The van der Waals surface area contributed by atoms with Crippen LogP contribution in [-0.4, -0.2) is 70.0 Å². The van der Waals surface area contributed by atoms with E-state index in [-0.39, 0.29) is 0 Å². The van der Waals surface area contributed by atoms with E-state index < -0.39 is 0 Å². The first kappa shape index (κ1) is 33.0. The zero-order chi connectivity index (χ0) is 31.7. The van der Waals surface area contributed by atoms with E-state index in [9.17, 15) is 0 Å².